The van der Waals surface area contributed by atoms with Crippen molar-refractivity contribution in [2.75, 3.05) is 75.3 Å². The Labute approximate surface area is 181 Å². The van der Waals surface area contributed by atoms with Crippen LogP contribution in [-0.4, -0.2) is 96.5 Å². The Balaban J connectivity index is 1.27. The van der Waals surface area contributed by atoms with E-state index >= 15 is 0 Å². The number of aliphatic hydroxyl groups excluding tert-OH is 1. The first kappa shape index (κ1) is 21.5. The van der Waals surface area contributed by atoms with Crippen LogP contribution in [0.3, 0.4) is 0 Å². The van der Waals surface area contributed by atoms with E-state index in [1.807, 2.05) is 12.1 Å². The van der Waals surface area contributed by atoms with Crippen LogP contribution < -0.4 is 9.80 Å². The lowest BCUT2D eigenvalue weighted by molar-refractivity contribution is -0.130. The van der Waals surface area contributed by atoms with Crippen molar-refractivity contribution in [3.8, 4) is 0 Å². The van der Waals surface area contributed by atoms with Crippen LogP contribution in [0.1, 0.15) is 5.56 Å². The van der Waals surface area contributed by atoms with Gasteiger partial charge in [-0.3, -0.25) is 9.69 Å². The summed E-state index contributed by atoms with van der Waals surface area (Å²) in [6.07, 6.45) is 0.0900. The van der Waals surface area contributed by atoms with Gasteiger partial charge in [0.15, 0.2) is 11.6 Å². The minimum Gasteiger partial charge on any atom is -0.395 e. The SMILES string of the molecule is O=C(Cc1ccccc1F)N1CCN(c2ccc(N3CCN(CCO)CC3)nn2)CC1. The molecule has 2 aliphatic rings. The fraction of sp³-hybridized carbons (Fsp3) is 0.500. The van der Waals surface area contributed by atoms with Crippen LogP contribution in [0.4, 0.5) is 16.0 Å². The first-order valence-corrected chi connectivity index (χ1v) is 10.8. The highest BCUT2D eigenvalue weighted by Crippen LogP contribution is 2.18. The molecule has 1 aromatic carbocycles. The van der Waals surface area contributed by atoms with Crippen molar-refractivity contribution in [1.29, 1.82) is 0 Å². The zero-order chi connectivity index (χ0) is 21.6. The van der Waals surface area contributed by atoms with Gasteiger partial charge in [0, 0.05) is 58.9 Å². The molecule has 2 aliphatic heterocycles. The van der Waals surface area contributed by atoms with E-state index in [4.69, 9.17) is 5.11 Å². The van der Waals surface area contributed by atoms with E-state index in [9.17, 15) is 9.18 Å². The predicted molar refractivity (Wildman–Crippen MR) is 117 cm³/mol. The predicted octanol–water partition coefficient (Wildman–Crippen LogP) is 0.621. The second-order valence-corrected chi connectivity index (χ2v) is 7.94. The van der Waals surface area contributed by atoms with E-state index in [2.05, 4.69) is 24.9 Å². The van der Waals surface area contributed by atoms with Crippen molar-refractivity contribution in [3.05, 3.63) is 47.8 Å². The zero-order valence-electron chi connectivity index (χ0n) is 17.7. The monoisotopic (exact) mass is 428 g/mol. The van der Waals surface area contributed by atoms with Crippen molar-refractivity contribution in [3.63, 3.8) is 0 Å². The van der Waals surface area contributed by atoms with Gasteiger partial charge in [-0.05, 0) is 23.8 Å². The number of rotatable bonds is 6. The molecular weight excluding hydrogens is 399 g/mol. The Hall–Kier alpha value is -2.78. The number of β-amino-alcohol motifs (C(OH)–C–C–N with tert-alkyl or cyclic N) is 1. The largest absolute Gasteiger partial charge is 0.395 e. The molecule has 0 spiro atoms. The highest BCUT2D eigenvalue weighted by atomic mass is 19.1. The van der Waals surface area contributed by atoms with E-state index in [-0.39, 0.29) is 24.8 Å². The molecule has 0 saturated carbocycles. The van der Waals surface area contributed by atoms with E-state index in [0.29, 0.717) is 38.3 Å². The van der Waals surface area contributed by atoms with Crippen LogP contribution in [-0.2, 0) is 11.2 Å². The lowest BCUT2D eigenvalue weighted by Crippen LogP contribution is -2.49. The first-order valence-electron chi connectivity index (χ1n) is 10.8. The van der Waals surface area contributed by atoms with Crippen LogP contribution in [0.15, 0.2) is 36.4 Å². The number of hydrogen-bond donors (Lipinski definition) is 1. The summed E-state index contributed by atoms with van der Waals surface area (Å²) in [5.74, 6) is 1.29. The highest BCUT2D eigenvalue weighted by molar-refractivity contribution is 5.79. The van der Waals surface area contributed by atoms with Crippen molar-refractivity contribution < 1.29 is 14.3 Å². The zero-order valence-corrected chi connectivity index (χ0v) is 17.7. The fourth-order valence-corrected chi connectivity index (χ4v) is 4.10. The molecule has 1 N–H and O–H groups in total. The van der Waals surface area contributed by atoms with Gasteiger partial charge in [0.25, 0.3) is 0 Å². The van der Waals surface area contributed by atoms with Crippen molar-refractivity contribution in [1.82, 2.24) is 20.0 Å². The molecule has 8 nitrogen and oxygen atoms in total. The average Bonchev–Trinajstić information content (AvgIpc) is 2.81. The third-order valence-electron chi connectivity index (χ3n) is 6.00. The first-order chi connectivity index (χ1) is 15.1. The van der Waals surface area contributed by atoms with Crippen LogP contribution in [0.5, 0.6) is 0 Å². The summed E-state index contributed by atoms with van der Waals surface area (Å²) in [6, 6.07) is 10.4. The molecule has 0 atom stereocenters. The van der Waals surface area contributed by atoms with Gasteiger partial charge in [-0.15, -0.1) is 10.2 Å². The molecular formula is C22H29FN6O2. The van der Waals surface area contributed by atoms with E-state index in [0.717, 1.165) is 37.8 Å². The Bertz CT molecular complexity index is 865. The van der Waals surface area contributed by atoms with Gasteiger partial charge in [-0.1, -0.05) is 18.2 Å². The maximum Gasteiger partial charge on any atom is 0.227 e. The van der Waals surface area contributed by atoms with E-state index in [1.54, 1.807) is 23.1 Å². The quantitative estimate of drug-likeness (QED) is 0.723. The topological polar surface area (TPSA) is 76.0 Å². The summed E-state index contributed by atoms with van der Waals surface area (Å²) in [4.78, 5) is 20.9. The van der Waals surface area contributed by atoms with E-state index < -0.39 is 0 Å². The van der Waals surface area contributed by atoms with Crippen LogP contribution >= 0.6 is 0 Å². The summed E-state index contributed by atoms with van der Waals surface area (Å²) in [7, 11) is 0. The Morgan fingerprint density at radius 3 is 2.00 bits per heavy atom. The van der Waals surface area contributed by atoms with Gasteiger partial charge >= 0.3 is 0 Å². The average molecular weight is 429 g/mol. The second-order valence-electron chi connectivity index (χ2n) is 7.94. The Morgan fingerprint density at radius 1 is 0.871 bits per heavy atom. The molecule has 9 heteroatoms. The summed E-state index contributed by atoms with van der Waals surface area (Å²) in [6.45, 7) is 7.00. The molecule has 2 saturated heterocycles. The van der Waals surface area contributed by atoms with Crippen LogP contribution in [0.2, 0.25) is 0 Å². The number of halogens is 1. The number of piperazine rings is 2. The number of amides is 1. The number of anilines is 2. The van der Waals surface area contributed by atoms with Crippen molar-refractivity contribution in [2.45, 2.75) is 6.42 Å². The Morgan fingerprint density at radius 2 is 1.45 bits per heavy atom. The van der Waals surface area contributed by atoms with Gasteiger partial charge in [0.05, 0.1) is 13.0 Å². The molecule has 2 aromatic rings. The molecule has 2 fully saturated rings. The van der Waals surface area contributed by atoms with Crippen molar-refractivity contribution >= 4 is 17.5 Å². The molecule has 3 heterocycles. The number of nitrogens with zero attached hydrogens (tertiary/aromatic N) is 6. The molecule has 31 heavy (non-hydrogen) atoms. The van der Waals surface area contributed by atoms with Crippen LogP contribution in [0, 0.1) is 5.82 Å². The molecule has 0 radical (unpaired) electrons. The molecule has 0 bridgehead atoms. The molecule has 1 amide bonds. The summed E-state index contributed by atoms with van der Waals surface area (Å²) in [5.41, 5.74) is 0.438. The Kier molecular flexibility index (Phi) is 6.93. The summed E-state index contributed by atoms with van der Waals surface area (Å²) >= 11 is 0. The normalized spacial score (nSPS) is 17.8. The summed E-state index contributed by atoms with van der Waals surface area (Å²) in [5, 5.41) is 17.9. The maximum atomic E-state index is 13.8. The number of aromatic nitrogens is 2. The van der Waals surface area contributed by atoms with E-state index in [1.165, 1.54) is 6.07 Å². The number of carbonyl (C=O) groups excluding carboxylic acids is 1. The fourth-order valence-electron chi connectivity index (χ4n) is 4.10. The van der Waals surface area contributed by atoms with Gasteiger partial charge < -0.3 is 19.8 Å². The van der Waals surface area contributed by atoms with Gasteiger partial charge in [0.1, 0.15) is 5.82 Å². The smallest absolute Gasteiger partial charge is 0.227 e. The molecule has 0 aliphatic carbocycles. The van der Waals surface area contributed by atoms with Crippen LogP contribution in [0.25, 0.3) is 0 Å². The molecule has 4 rings (SSSR count). The maximum absolute atomic E-state index is 13.8. The lowest BCUT2D eigenvalue weighted by atomic mass is 10.1. The summed E-state index contributed by atoms with van der Waals surface area (Å²) < 4.78 is 13.8. The van der Waals surface area contributed by atoms with Gasteiger partial charge in [0.2, 0.25) is 5.91 Å². The molecule has 0 unspecified atom stereocenters. The van der Waals surface area contributed by atoms with Gasteiger partial charge in [-0.2, -0.15) is 0 Å². The number of benzene rings is 1. The lowest BCUT2D eigenvalue weighted by Gasteiger charge is -2.36. The number of hydrogen-bond acceptors (Lipinski definition) is 7. The molecule has 166 valence electrons. The number of aliphatic hydroxyl groups is 1. The minimum atomic E-state index is -0.334. The highest BCUT2D eigenvalue weighted by Gasteiger charge is 2.23. The second kappa shape index (κ2) is 10.0. The standard InChI is InChI=1S/C22H29FN6O2/c23-19-4-2-1-3-18(19)17-22(31)29-13-11-28(12-14-29)21-6-5-20(24-25-21)27-9-7-26(8-10-27)15-16-30/h1-6,30H,7-17H2. The minimum absolute atomic E-state index is 0.0495. The number of carbonyl (C=O) groups is 1. The third kappa shape index (κ3) is 5.29. The van der Waals surface area contributed by atoms with Gasteiger partial charge in [-0.25, -0.2) is 4.39 Å². The molecule has 1 aromatic heterocycles. The third-order valence-corrected chi connectivity index (χ3v) is 6.00. The van der Waals surface area contributed by atoms with Crippen molar-refractivity contribution in [2.24, 2.45) is 0 Å².